The van der Waals surface area contributed by atoms with Gasteiger partial charge >= 0.3 is 5.97 Å². The molecule has 0 aliphatic heterocycles. The zero-order chi connectivity index (χ0) is 15.4. The first kappa shape index (κ1) is 15.5. The van der Waals surface area contributed by atoms with Crippen molar-refractivity contribution in [3.63, 3.8) is 0 Å². The molecule has 4 nitrogen and oxygen atoms in total. The van der Waals surface area contributed by atoms with E-state index in [4.69, 9.17) is 33.7 Å². The van der Waals surface area contributed by atoms with Crippen LogP contribution in [-0.4, -0.2) is 12.6 Å². The molecule has 110 valence electrons. The Bertz CT molecular complexity index is 654. The van der Waals surface area contributed by atoms with Crippen molar-refractivity contribution in [2.75, 3.05) is 17.7 Å². The van der Waals surface area contributed by atoms with Crippen molar-refractivity contribution >= 4 is 46.2 Å². The van der Waals surface area contributed by atoms with E-state index in [0.717, 1.165) is 0 Å². The fourth-order valence-electron chi connectivity index (χ4n) is 1.83. The summed E-state index contributed by atoms with van der Waals surface area (Å²) < 4.78 is 5.02. The summed E-state index contributed by atoms with van der Waals surface area (Å²) in [6, 6.07) is 10.1. The van der Waals surface area contributed by atoms with Gasteiger partial charge in [0.2, 0.25) is 0 Å². The number of hydrogen-bond donors (Lipinski definition) is 2. The first-order valence-corrected chi connectivity index (χ1v) is 7.06. The molecule has 0 amide bonds. The molecule has 2 rings (SSSR count). The zero-order valence-electron chi connectivity index (χ0n) is 11.3. The summed E-state index contributed by atoms with van der Waals surface area (Å²) in [6.45, 7) is 2.02. The van der Waals surface area contributed by atoms with Gasteiger partial charge in [0.25, 0.3) is 0 Å². The molecule has 0 spiro atoms. The van der Waals surface area contributed by atoms with E-state index in [9.17, 15) is 4.79 Å². The number of rotatable bonds is 4. The summed E-state index contributed by atoms with van der Waals surface area (Å²) in [6.07, 6.45) is 0. The summed E-state index contributed by atoms with van der Waals surface area (Å²) in [7, 11) is 0. The van der Waals surface area contributed by atoms with Crippen LogP contribution in [0.2, 0.25) is 10.0 Å². The summed E-state index contributed by atoms with van der Waals surface area (Å²) in [5, 5.41) is 3.89. The van der Waals surface area contributed by atoms with Crippen molar-refractivity contribution in [3.05, 3.63) is 52.0 Å². The maximum atomic E-state index is 12.0. The van der Waals surface area contributed by atoms with E-state index >= 15 is 0 Å². The van der Waals surface area contributed by atoms with Gasteiger partial charge < -0.3 is 15.8 Å². The highest BCUT2D eigenvalue weighted by atomic mass is 35.5. The number of hydrogen-bond acceptors (Lipinski definition) is 4. The van der Waals surface area contributed by atoms with E-state index in [1.165, 1.54) is 0 Å². The third kappa shape index (κ3) is 3.40. The van der Waals surface area contributed by atoms with Crippen LogP contribution in [0.4, 0.5) is 17.1 Å². The minimum absolute atomic E-state index is 0.278. The number of nitrogens with two attached hydrogens (primary N) is 1. The molecule has 0 atom stereocenters. The van der Waals surface area contributed by atoms with Crippen LogP contribution < -0.4 is 11.1 Å². The van der Waals surface area contributed by atoms with Gasteiger partial charge in [0.15, 0.2) is 0 Å². The molecule has 0 aliphatic carbocycles. The molecule has 2 aromatic carbocycles. The molecule has 0 aliphatic rings. The van der Waals surface area contributed by atoms with E-state index in [-0.39, 0.29) is 6.61 Å². The molecule has 0 bridgehead atoms. The van der Waals surface area contributed by atoms with Gasteiger partial charge in [-0.1, -0.05) is 35.3 Å². The van der Waals surface area contributed by atoms with E-state index in [0.29, 0.717) is 32.7 Å². The van der Waals surface area contributed by atoms with E-state index in [1.807, 2.05) is 0 Å². The monoisotopic (exact) mass is 324 g/mol. The predicted molar refractivity (Wildman–Crippen MR) is 86.6 cm³/mol. The van der Waals surface area contributed by atoms with E-state index in [2.05, 4.69) is 5.32 Å². The van der Waals surface area contributed by atoms with Crippen molar-refractivity contribution in [2.24, 2.45) is 0 Å². The number of nitrogen functional groups attached to an aromatic ring is 1. The van der Waals surface area contributed by atoms with Crippen LogP contribution in [0.3, 0.4) is 0 Å². The summed E-state index contributed by atoms with van der Waals surface area (Å²) in [4.78, 5) is 12.0. The molecule has 0 heterocycles. The first-order chi connectivity index (χ1) is 10.0. The van der Waals surface area contributed by atoms with Crippen molar-refractivity contribution in [2.45, 2.75) is 6.92 Å². The van der Waals surface area contributed by atoms with Gasteiger partial charge in [0.05, 0.1) is 39.3 Å². The lowest BCUT2D eigenvalue weighted by Gasteiger charge is -2.15. The molecule has 0 fully saturated rings. The summed E-state index contributed by atoms with van der Waals surface area (Å²) >= 11 is 12.2. The predicted octanol–water partition coefficient (Wildman–Crippen LogP) is 4.50. The lowest BCUT2D eigenvalue weighted by Crippen LogP contribution is -2.10. The van der Waals surface area contributed by atoms with Crippen LogP contribution in [0.15, 0.2) is 36.4 Å². The number of anilines is 3. The lowest BCUT2D eigenvalue weighted by molar-refractivity contribution is 0.0527. The number of benzene rings is 2. The Kier molecular flexibility index (Phi) is 4.94. The molecule has 0 unspecified atom stereocenters. The van der Waals surface area contributed by atoms with Crippen molar-refractivity contribution < 1.29 is 9.53 Å². The Morgan fingerprint density at radius 1 is 1.14 bits per heavy atom. The SMILES string of the molecule is CCOC(=O)c1cccc(N)c1Nc1c(Cl)cccc1Cl. The molecule has 3 N–H and O–H groups in total. The van der Waals surface area contributed by atoms with E-state index in [1.54, 1.807) is 43.3 Å². The maximum Gasteiger partial charge on any atom is 0.340 e. The van der Waals surface area contributed by atoms with Gasteiger partial charge in [-0.25, -0.2) is 4.79 Å². The number of nitrogens with one attached hydrogen (secondary N) is 1. The molecule has 2 aromatic rings. The van der Waals surface area contributed by atoms with Gasteiger partial charge in [0.1, 0.15) is 0 Å². The van der Waals surface area contributed by atoms with Crippen LogP contribution in [0.25, 0.3) is 0 Å². The minimum atomic E-state index is -0.463. The minimum Gasteiger partial charge on any atom is -0.462 e. The molecule has 0 saturated heterocycles. The van der Waals surface area contributed by atoms with E-state index < -0.39 is 5.97 Å². The zero-order valence-corrected chi connectivity index (χ0v) is 12.8. The number of ether oxygens (including phenoxy) is 1. The number of esters is 1. The van der Waals surface area contributed by atoms with Gasteiger partial charge in [0, 0.05) is 0 Å². The highest BCUT2D eigenvalue weighted by Crippen LogP contribution is 2.36. The van der Waals surface area contributed by atoms with Gasteiger partial charge in [-0.3, -0.25) is 0 Å². The smallest absolute Gasteiger partial charge is 0.340 e. The topological polar surface area (TPSA) is 64.3 Å². The Labute approximate surface area is 132 Å². The highest BCUT2D eigenvalue weighted by molar-refractivity contribution is 6.39. The standard InChI is InChI=1S/C15H14Cl2N2O2/c1-2-21-15(20)9-5-3-8-12(18)13(9)19-14-10(16)6-4-7-11(14)17/h3-8,19H,2,18H2,1H3. The number of carbonyl (C=O) groups excluding carboxylic acids is 1. The number of halogens is 2. The number of para-hydroxylation sites is 2. The highest BCUT2D eigenvalue weighted by Gasteiger charge is 2.17. The Hall–Kier alpha value is -1.91. The third-order valence-electron chi connectivity index (χ3n) is 2.80. The lowest BCUT2D eigenvalue weighted by atomic mass is 10.1. The van der Waals surface area contributed by atoms with Crippen LogP contribution in [0.5, 0.6) is 0 Å². The fraction of sp³-hybridized carbons (Fsp3) is 0.133. The fourth-order valence-corrected chi connectivity index (χ4v) is 2.32. The summed E-state index contributed by atoms with van der Waals surface area (Å²) in [5.41, 5.74) is 7.59. The average Bonchev–Trinajstić information content (AvgIpc) is 2.44. The Morgan fingerprint density at radius 3 is 2.38 bits per heavy atom. The van der Waals surface area contributed by atoms with Crippen LogP contribution >= 0.6 is 23.2 Å². The third-order valence-corrected chi connectivity index (χ3v) is 3.43. The normalized spacial score (nSPS) is 10.2. The Morgan fingerprint density at radius 2 is 1.76 bits per heavy atom. The average molecular weight is 325 g/mol. The second kappa shape index (κ2) is 6.70. The number of carbonyl (C=O) groups is 1. The molecule has 21 heavy (non-hydrogen) atoms. The quantitative estimate of drug-likeness (QED) is 0.642. The second-order valence-corrected chi connectivity index (χ2v) is 5.03. The largest absolute Gasteiger partial charge is 0.462 e. The molecular weight excluding hydrogens is 311 g/mol. The van der Waals surface area contributed by atoms with Gasteiger partial charge in [-0.2, -0.15) is 0 Å². The van der Waals surface area contributed by atoms with Crippen molar-refractivity contribution in [1.29, 1.82) is 0 Å². The molecule has 0 radical (unpaired) electrons. The molecule has 6 heteroatoms. The molecular formula is C15H14Cl2N2O2. The van der Waals surface area contributed by atoms with Gasteiger partial charge in [-0.15, -0.1) is 0 Å². The van der Waals surface area contributed by atoms with Crippen LogP contribution in [-0.2, 0) is 4.74 Å². The first-order valence-electron chi connectivity index (χ1n) is 6.31. The van der Waals surface area contributed by atoms with Crippen molar-refractivity contribution in [3.8, 4) is 0 Å². The molecule has 0 saturated carbocycles. The second-order valence-electron chi connectivity index (χ2n) is 4.21. The van der Waals surface area contributed by atoms with Gasteiger partial charge in [-0.05, 0) is 31.2 Å². The maximum absolute atomic E-state index is 12.0. The molecule has 0 aromatic heterocycles. The summed E-state index contributed by atoms with van der Waals surface area (Å²) in [5.74, 6) is -0.463. The van der Waals surface area contributed by atoms with Crippen molar-refractivity contribution in [1.82, 2.24) is 0 Å². The van der Waals surface area contributed by atoms with Crippen LogP contribution in [0.1, 0.15) is 17.3 Å². The Balaban J connectivity index is 2.46. The van der Waals surface area contributed by atoms with Crippen LogP contribution in [0, 0.1) is 0 Å².